The van der Waals surface area contributed by atoms with E-state index in [2.05, 4.69) is 10.0 Å². The summed E-state index contributed by atoms with van der Waals surface area (Å²) in [5, 5.41) is 3.07. The Kier molecular flexibility index (Phi) is 4.69. The van der Waals surface area contributed by atoms with E-state index in [9.17, 15) is 12.8 Å². The van der Waals surface area contributed by atoms with Crippen molar-refractivity contribution >= 4 is 21.6 Å². The molecule has 112 valence electrons. The van der Waals surface area contributed by atoms with Gasteiger partial charge >= 0.3 is 0 Å². The Morgan fingerprint density at radius 2 is 2.25 bits per heavy atom. The Labute approximate surface area is 123 Å². The zero-order valence-corrected chi connectivity index (χ0v) is 12.8. The van der Waals surface area contributed by atoms with E-state index in [1.807, 2.05) is 6.92 Å². The minimum absolute atomic E-state index is 0.0173. The van der Waals surface area contributed by atoms with Crippen molar-refractivity contribution in [3.63, 3.8) is 0 Å². The van der Waals surface area contributed by atoms with Crippen molar-refractivity contribution < 1.29 is 12.8 Å². The Morgan fingerprint density at radius 3 is 2.85 bits per heavy atom. The summed E-state index contributed by atoms with van der Waals surface area (Å²) in [5.74, 6) is -0.631. The molecule has 0 amide bonds. The molecule has 1 saturated heterocycles. The third-order valence-corrected chi connectivity index (χ3v) is 5.26. The molecule has 0 saturated carbocycles. The number of sulfonamides is 1. The van der Waals surface area contributed by atoms with E-state index < -0.39 is 15.8 Å². The molecule has 0 aromatic heterocycles. The summed E-state index contributed by atoms with van der Waals surface area (Å²) >= 11 is 5.62. The summed E-state index contributed by atoms with van der Waals surface area (Å²) < 4.78 is 40.0. The molecular weight excluding hydrogens is 303 g/mol. The molecule has 2 N–H and O–H groups in total. The number of piperidine rings is 1. The fourth-order valence-corrected chi connectivity index (χ4v) is 3.74. The molecule has 0 spiro atoms. The zero-order valence-electron chi connectivity index (χ0n) is 11.2. The van der Waals surface area contributed by atoms with Crippen molar-refractivity contribution in [1.29, 1.82) is 0 Å². The van der Waals surface area contributed by atoms with Gasteiger partial charge in [-0.25, -0.2) is 17.5 Å². The molecule has 1 atom stereocenters. The van der Waals surface area contributed by atoms with Crippen molar-refractivity contribution in [2.24, 2.45) is 5.41 Å². The van der Waals surface area contributed by atoms with E-state index in [4.69, 9.17) is 11.6 Å². The van der Waals surface area contributed by atoms with Crippen LogP contribution >= 0.6 is 11.6 Å². The number of halogens is 2. The second kappa shape index (κ2) is 5.97. The fourth-order valence-electron chi connectivity index (χ4n) is 2.27. The van der Waals surface area contributed by atoms with Gasteiger partial charge in [0.2, 0.25) is 10.0 Å². The lowest BCUT2D eigenvalue weighted by molar-refractivity contribution is 0.238. The van der Waals surface area contributed by atoms with Gasteiger partial charge in [0.25, 0.3) is 0 Å². The molecule has 20 heavy (non-hydrogen) atoms. The summed E-state index contributed by atoms with van der Waals surface area (Å²) in [6, 6.07) is 3.40. The van der Waals surface area contributed by atoms with Gasteiger partial charge in [0, 0.05) is 13.1 Å². The Balaban J connectivity index is 2.09. The summed E-state index contributed by atoms with van der Waals surface area (Å²) in [7, 11) is -3.67. The molecule has 0 radical (unpaired) electrons. The molecule has 0 bridgehead atoms. The summed E-state index contributed by atoms with van der Waals surface area (Å²) in [6.45, 7) is 4.13. The number of benzene rings is 1. The highest BCUT2D eigenvalue weighted by Gasteiger charge is 2.28. The predicted octanol–water partition coefficient (Wildman–Crippen LogP) is 2.15. The lowest BCUT2D eigenvalue weighted by Gasteiger charge is -2.34. The van der Waals surface area contributed by atoms with Gasteiger partial charge in [0.15, 0.2) is 0 Å². The highest BCUT2D eigenvalue weighted by Crippen LogP contribution is 2.25. The van der Waals surface area contributed by atoms with Gasteiger partial charge in [-0.2, -0.15) is 0 Å². The van der Waals surface area contributed by atoms with Crippen molar-refractivity contribution in [3.8, 4) is 0 Å². The van der Waals surface area contributed by atoms with Gasteiger partial charge in [-0.1, -0.05) is 18.5 Å². The molecule has 7 heteroatoms. The van der Waals surface area contributed by atoms with Crippen LogP contribution in [0.1, 0.15) is 19.8 Å². The molecular formula is C13H18ClFN2O2S. The van der Waals surface area contributed by atoms with Crippen LogP contribution in [-0.2, 0) is 10.0 Å². The first kappa shape index (κ1) is 15.7. The van der Waals surface area contributed by atoms with Gasteiger partial charge in [-0.05, 0) is 43.0 Å². The molecule has 2 rings (SSSR count). The maximum Gasteiger partial charge on any atom is 0.240 e. The Hall–Kier alpha value is -0.690. The first-order valence-electron chi connectivity index (χ1n) is 6.48. The second-order valence-electron chi connectivity index (χ2n) is 5.49. The number of rotatable bonds is 4. The Morgan fingerprint density at radius 1 is 1.50 bits per heavy atom. The first-order valence-corrected chi connectivity index (χ1v) is 8.34. The van der Waals surface area contributed by atoms with Crippen LogP contribution in [0.2, 0.25) is 5.02 Å². The minimum atomic E-state index is -3.67. The van der Waals surface area contributed by atoms with Crippen LogP contribution in [0.3, 0.4) is 0 Å². The number of hydrogen-bond acceptors (Lipinski definition) is 3. The lowest BCUT2D eigenvalue weighted by Crippen LogP contribution is -2.45. The van der Waals surface area contributed by atoms with Crippen LogP contribution < -0.4 is 10.0 Å². The van der Waals surface area contributed by atoms with Gasteiger partial charge < -0.3 is 5.32 Å². The average Bonchev–Trinajstić information content (AvgIpc) is 2.41. The third kappa shape index (κ3) is 3.69. The quantitative estimate of drug-likeness (QED) is 0.893. The van der Waals surface area contributed by atoms with Crippen molar-refractivity contribution in [2.75, 3.05) is 19.6 Å². The van der Waals surface area contributed by atoms with Gasteiger partial charge in [0.1, 0.15) is 5.82 Å². The van der Waals surface area contributed by atoms with E-state index >= 15 is 0 Å². The maximum absolute atomic E-state index is 13.1. The molecule has 4 nitrogen and oxygen atoms in total. The highest BCUT2D eigenvalue weighted by atomic mass is 35.5. The molecule has 1 heterocycles. The van der Waals surface area contributed by atoms with Crippen LogP contribution in [0.4, 0.5) is 4.39 Å². The van der Waals surface area contributed by atoms with Crippen LogP contribution in [0.25, 0.3) is 0 Å². The summed E-state index contributed by atoms with van der Waals surface area (Å²) in [6.07, 6.45) is 1.99. The predicted molar refractivity (Wildman–Crippen MR) is 76.8 cm³/mol. The fraction of sp³-hybridized carbons (Fsp3) is 0.538. The number of hydrogen-bond donors (Lipinski definition) is 2. The van der Waals surface area contributed by atoms with Gasteiger partial charge in [-0.15, -0.1) is 0 Å². The Bertz CT molecular complexity index is 586. The SMILES string of the molecule is CC1(CNS(=O)(=O)c2ccc(F)c(Cl)c2)CCCNC1. The molecule has 1 fully saturated rings. The third-order valence-electron chi connectivity index (χ3n) is 3.58. The zero-order chi connectivity index (χ0) is 14.8. The smallest absolute Gasteiger partial charge is 0.240 e. The molecule has 1 aliphatic rings. The second-order valence-corrected chi connectivity index (χ2v) is 7.67. The number of nitrogens with one attached hydrogen (secondary N) is 2. The van der Waals surface area contributed by atoms with Gasteiger partial charge in [0.05, 0.1) is 9.92 Å². The van der Waals surface area contributed by atoms with Crippen LogP contribution in [0.5, 0.6) is 0 Å². The van der Waals surface area contributed by atoms with Crippen LogP contribution in [-0.4, -0.2) is 28.1 Å². The van der Waals surface area contributed by atoms with Crippen molar-refractivity contribution in [1.82, 2.24) is 10.0 Å². The average molecular weight is 321 g/mol. The van der Waals surface area contributed by atoms with E-state index in [1.54, 1.807) is 0 Å². The standard InChI is InChI=1S/C13H18ClFN2O2S/c1-13(5-2-6-16-8-13)9-17-20(18,19)10-3-4-12(15)11(14)7-10/h3-4,7,16-17H,2,5-6,8-9H2,1H3. The van der Waals surface area contributed by atoms with E-state index in [0.717, 1.165) is 38.1 Å². The van der Waals surface area contributed by atoms with Crippen molar-refractivity contribution in [2.45, 2.75) is 24.7 Å². The van der Waals surface area contributed by atoms with Crippen LogP contribution in [0.15, 0.2) is 23.1 Å². The van der Waals surface area contributed by atoms with E-state index in [-0.39, 0.29) is 15.3 Å². The summed E-state index contributed by atoms with van der Waals surface area (Å²) in [5.41, 5.74) is -0.102. The van der Waals surface area contributed by atoms with Crippen LogP contribution in [0, 0.1) is 11.2 Å². The van der Waals surface area contributed by atoms with Gasteiger partial charge in [-0.3, -0.25) is 0 Å². The molecule has 0 aliphatic carbocycles. The molecule has 1 unspecified atom stereocenters. The maximum atomic E-state index is 13.1. The van der Waals surface area contributed by atoms with E-state index in [1.165, 1.54) is 6.07 Å². The normalized spacial score (nSPS) is 23.8. The topological polar surface area (TPSA) is 58.2 Å². The molecule has 1 aromatic carbocycles. The largest absolute Gasteiger partial charge is 0.316 e. The summed E-state index contributed by atoms with van der Waals surface area (Å²) in [4.78, 5) is -0.0173. The first-order chi connectivity index (χ1) is 9.32. The van der Waals surface area contributed by atoms with Crippen molar-refractivity contribution in [3.05, 3.63) is 29.0 Å². The monoisotopic (exact) mass is 320 g/mol. The highest BCUT2D eigenvalue weighted by molar-refractivity contribution is 7.89. The molecule has 1 aliphatic heterocycles. The van der Waals surface area contributed by atoms with E-state index in [0.29, 0.717) is 6.54 Å². The lowest BCUT2D eigenvalue weighted by atomic mass is 9.83. The minimum Gasteiger partial charge on any atom is -0.316 e. The molecule has 1 aromatic rings.